The van der Waals surface area contributed by atoms with Gasteiger partial charge in [-0.1, -0.05) is 48.7 Å². The Morgan fingerprint density at radius 2 is 1.80 bits per heavy atom. The largest absolute Gasteiger partial charge is 0.444 e. The molecule has 0 unspecified atom stereocenters. The fraction of sp³-hybridized carbons (Fsp3) is 0.500. The number of alkyl carbamates (subject to hydrolysis) is 1. The van der Waals surface area contributed by atoms with Crippen molar-refractivity contribution in [2.24, 2.45) is 5.92 Å². The molecule has 18 heteroatoms. The van der Waals surface area contributed by atoms with E-state index in [0.717, 1.165) is 18.2 Å². The zero-order chi connectivity index (χ0) is 40.6. The molecular weight excluding hydrogens is 776 g/mol. The monoisotopic (exact) mass is 819 g/mol. The van der Waals surface area contributed by atoms with Crippen LogP contribution >= 0.6 is 11.6 Å². The molecule has 2 fully saturated rings. The minimum Gasteiger partial charge on any atom is -0.444 e. The lowest BCUT2D eigenvalue weighted by molar-refractivity contribution is -0.141. The first kappa shape index (κ1) is 40.9. The van der Waals surface area contributed by atoms with E-state index in [9.17, 15) is 41.2 Å². The predicted molar refractivity (Wildman–Crippen MR) is 197 cm³/mol. The highest BCUT2D eigenvalue weighted by Gasteiger charge is 2.62. The predicted octanol–water partition coefficient (Wildman–Crippen LogP) is 4.83. The number of ether oxygens (including phenoxy) is 2. The molecule has 2 aromatic rings. The molecule has 3 heterocycles. The van der Waals surface area contributed by atoms with Gasteiger partial charge in [-0.05, 0) is 76.3 Å². The summed E-state index contributed by atoms with van der Waals surface area (Å²) in [7, 11) is -4.80. The fourth-order valence-electron chi connectivity index (χ4n) is 7.29. The van der Waals surface area contributed by atoms with E-state index in [4.69, 9.17) is 21.1 Å². The van der Waals surface area contributed by atoms with E-state index in [1.165, 1.54) is 21.9 Å². The van der Waals surface area contributed by atoms with Gasteiger partial charge in [0.2, 0.25) is 11.8 Å². The Labute approximate surface area is 328 Å². The molecular formula is C38H44ClF2N5O9S. The van der Waals surface area contributed by atoms with E-state index in [1.54, 1.807) is 32.9 Å². The Morgan fingerprint density at radius 1 is 1.04 bits per heavy atom. The minimum absolute atomic E-state index is 0.0113. The first-order valence-electron chi connectivity index (χ1n) is 18.4. The molecule has 56 heavy (non-hydrogen) atoms. The highest BCUT2D eigenvalue weighted by atomic mass is 35.5. The van der Waals surface area contributed by atoms with Crippen LogP contribution in [0.15, 0.2) is 53.4 Å². The average molecular weight is 820 g/mol. The van der Waals surface area contributed by atoms with Crippen LogP contribution in [-0.2, 0) is 47.0 Å². The number of carbonyl (C=O) groups excluding carboxylic acids is 5. The summed E-state index contributed by atoms with van der Waals surface area (Å²) in [6.07, 6.45) is 3.22. The van der Waals surface area contributed by atoms with E-state index < -0.39 is 91.7 Å². The van der Waals surface area contributed by atoms with Crippen LogP contribution in [0.4, 0.5) is 18.4 Å². The molecule has 1 saturated heterocycles. The number of carbonyl (C=O) groups is 5. The Kier molecular flexibility index (Phi) is 11.7. The second kappa shape index (κ2) is 16.0. The summed E-state index contributed by atoms with van der Waals surface area (Å²) in [5.74, 6) is -4.92. The molecule has 1 aliphatic carbocycles. The van der Waals surface area contributed by atoms with Crippen molar-refractivity contribution in [2.45, 2.75) is 113 Å². The summed E-state index contributed by atoms with van der Waals surface area (Å²) in [4.78, 5) is 70.4. The van der Waals surface area contributed by atoms with Crippen molar-refractivity contribution in [1.82, 2.24) is 25.2 Å². The SMILES string of the molecule is CC(C)(C)OC(=O)N[C@H]1CCCCC/C=C\[C@@H]2C[C@@]2(C(=O)NS(=O)(=O)c2cc(Cl)ccc2F)NC(=O)[C@@H]2C[C@@H](OC(=O)N3Cc4cccc(F)c4C3)CN2C1=O. The number of allylic oxidation sites excluding steroid dienone is 1. The fourth-order valence-corrected chi connectivity index (χ4v) is 8.67. The van der Waals surface area contributed by atoms with Crippen molar-refractivity contribution in [3.63, 3.8) is 0 Å². The Bertz CT molecular complexity index is 2060. The van der Waals surface area contributed by atoms with Crippen molar-refractivity contribution in [3.8, 4) is 0 Å². The van der Waals surface area contributed by atoms with E-state index in [1.807, 2.05) is 10.8 Å². The van der Waals surface area contributed by atoms with Crippen LogP contribution in [0.3, 0.4) is 0 Å². The van der Waals surface area contributed by atoms with Gasteiger partial charge in [0.15, 0.2) is 0 Å². The van der Waals surface area contributed by atoms with E-state index in [-0.39, 0.29) is 43.9 Å². The molecule has 14 nitrogen and oxygen atoms in total. The molecule has 5 atom stereocenters. The quantitative estimate of drug-likeness (QED) is 0.356. The number of rotatable bonds is 5. The minimum atomic E-state index is -4.80. The number of hydrogen-bond donors (Lipinski definition) is 3. The third kappa shape index (κ3) is 9.09. The molecule has 4 aliphatic rings. The lowest BCUT2D eigenvalue weighted by atomic mass is 10.0. The molecule has 302 valence electrons. The highest BCUT2D eigenvalue weighted by Crippen LogP contribution is 2.46. The average Bonchev–Trinajstić information content (AvgIpc) is 3.41. The third-order valence-corrected chi connectivity index (χ3v) is 11.8. The Balaban J connectivity index is 1.27. The lowest BCUT2D eigenvalue weighted by Gasteiger charge is -2.30. The molecule has 1 saturated carbocycles. The van der Waals surface area contributed by atoms with Gasteiger partial charge in [-0.15, -0.1) is 0 Å². The van der Waals surface area contributed by atoms with Crippen LogP contribution in [0.5, 0.6) is 0 Å². The smallest absolute Gasteiger partial charge is 0.410 e. The molecule has 0 bridgehead atoms. The number of nitrogens with one attached hydrogen (secondary N) is 3. The zero-order valence-electron chi connectivity index (χ0n) is 31.1. The second-order valence-corrected chi connectivity index (χ2v) is 17.6. The van der Waals surface area contributed by atoms with Crippen LogP contribution in [0.1, 0.15) is 76.8 Å². The maximum absolute atomic E-state index is 14.6. The van der Waals surface area contributed by atoms with E-state index in [0.29, 0.717) is 36.8 Å². The van der Waals surface area contributed by atoms with Crippen molar-refractivity contribution in [2.75, 3.05) is 6.54 Å². The van der Waals surface area contributed by atoms with Crippen molar-refractivity contribution in [3.05, 3.63) is 76.3 Å². The van der Waals surface area contributed by atoms with Gasteiger partial charge in [-0.2, -0.15) is 0 Å². The number of sulfonamides is 1. The summed E-state index contributed by atoms with van der Waals surface area (Å²) in [5, 5.41) is 5.22. The summed E-state index contributed by atoms with van der Waals surface area (Å²) in [5.41, 5.74) is -1.72. The van der Waals surface area contributed by atoms with Gasteiger partial charge >= 0.3 is 12.2 Å². The van der Waals surface area contributed by atoms with Gasteiger partial charge in [-0.3, -0.25) is 19.3 Å². The van der Waals surface area contributed by atoms with Crippen LogP contribution in [0, 0.1) is 17.6 Å². The number of nitrogens with zero attached hydrogens (tertiary/aromatic N) is 2. The van der Waals surface area contributed by atoms with E-state index in [2.05, 4.69) is 10.6 Å². The molecule has 0 radical (unpaired) electrons. The Hall–Kier alpha value is -4.77. The zero-order valence-corrected chi connectivity index (χ0v) is 32.7. The Morgan fingerprint density at radius 3 is 2.54 bits per heavy atom. The van der Waals surface area contributed by atoms with Gasteiger partial charge in [-0.25, -0.2) is 31.5 Å². The number of amides is 5. The normalized spacial score (nSPS) is 26.0. The number of fused-ring (bicyclic) bond motifs is 3. The van der Waals surface area contributed by atoms with Gasteiger partial charge < -0.3 is 25.0 Å². The van der Waals surface area contributed by atoms with E-state index >= 15 is 0 Å². The molecule has 0 aromatic heterocycles. The summed E-state index contributed by atoms with van der Waals surface area (Å²) in [6, 6.07) is 4.88. The van der Waals surface area contributed by atoms with Crippen molar-refractivity contribution < 1.29 is 50.6 Å². The topological polar surface area (TPSA) is 181 Å². The number of hydrogen-bond acceptors (Lipinski definition) is 9. The maximum atomic E-state index is 14.6. The highest BCUT2D eigenvalue weighted by molar-refractivity contribution is 7.90. The van der Waals surface area contributed by atoms with Crippen LogP contribution in [-0.4, -0.2) is 84.0 Å². The van der Waals surface area contributed by atoms with Crippen molar-refractivity contribution >= 4 is 51.5 Å². The molecule has 3 N–H and O–H groups in total. The molecule has 3 aliphatic heterocycles. The summed E-state index contributed by atoms with van der Waals surface area (Å²) in [6.45, 7) is 4.77. The summed E-state index contributed by atoms with van der Waals surface area (Å²) < 4.78 is 68.7. The first-order chi connectivity index (χ1) is 26.4. The van der Waals surface area contributed by atoms with Gasteiger partial charge in [0.25, 0.3) is 15.9 Å². The molecule has 5 amide bonds. The third-order valence-electron chi connectivity index (χ3n) is 10.2. The van der Waals surface area contributed by atoms with Gasteiger partial charge in [0.05, 0.1) is 13.1 Å². The standard InChI is InChI=1S/C38H44ClF2N5O9S/c1-37(2,3)55-35(50)42-29-13-8-6-4-5-7-11-23-18-38(23,34(49)44-56(52,53)31-16-24(39)14-15-28(31)41)43-32(47)30-17-25(20-46(30)33(29)48)54-36(51)45-19-22-10-9-12-27(40)26(22)21-45/h7,9-12,14-16,23,25,29-30H,4-6,8,13,17-21H2,1-3H3,(H,42,50)(H,43,47)(H,44,49)/b11-7-/t23-,25-,29+,30+,38-/m1/s1. The number of benzene rings is 2. The number of halogens is 3. The first-order valence-corrected chi connectivity index (χ1v) is 20.3. The van der Waals surface area contributed by atoms with Gasteiger partial charge in [0.1, 0.15) is 45.9 Å². The lowest BCUT2D eigenvalue weighted by Crippen LogP contribution is -2.58. The van der Waals surface area contributed by atoms with Crippen LogP contribution < -0.4 is 15.4 Å². The molecule has 0 spiro atoms. The molecule has 6 rings (SSSR count). The van der Waals surface area contributed by atoms with Crippen LogP contribution in [0.2, 0.25) is 5.02 Å². The second-order valence-electron chi connectivity index (χ2n) is 15.5. The molecule has 2 aromatic carbocycles. The maximum Gasteiger partial charge on any atom is 0.410 e. The van der Waals surface area contributed by atoms with Gasteiger partial charge in [0, 0.05) is 29.5 Å². The van der Waals surface area contributed by atoms with Crippen molar-refractivity contribution in [1.29, 1.82) is 0 Å². The summed E-state index contributed by atoms with van der Waals surface area (Å²) >= 11 is 5.92. The van der Waals surface area contributed by atoms with Crippen LogP contribution in [0.25, 0.3) is 0 Å².